The Morgan fingerprint density at radius 3 is 2.82 bits per heavy atom. The Morgan fingerprint density at radius 2 is 2.23 bits per heavy atom. The van der Waals surface area contributed by atoms with Crippen LogP contribution in [0.4, 0.5) is 0 Å². The number of nitrogens with one attached hydrogen (secondary N) is 1. The summed E-state index contributed by atoms with van der Waals surface area (Å²) in [6.45, 7) is 2.28. The van der Waals surface area contributed by atoms with Crippen LogP contribution in [0.25, 0.3) is 0 Å². The molecule has 2 amide bonds. The monoisotopic (exact) mass is 323 g/mol. The first kappa shape index (κ1) is 15.5. The largest absolute Gasteiger partial charge is 0.368 e. The molecule has 1 spiro atoms. The van der Waals surface area contributed by atoms with E-state index < -0.39 is 0 Å². The number of nitrogens with zero attached hydrogens (tertiary/aromatic N) is 2. The van der Waals surface area contributed by atoms with Crippen LogP contribution in [0.3, 0.4) is 0 Å². The normalized spacial score (nSPS) is 24.1. The molecule has 2 aliphatic rings. The molecule has 1 N–H and O–H groups in total. The Hall–Kier alpha value is -1.44. The molecule has 1 atom stereocenters. The molecule has 22 heavy (non-hydrogen) atoms. The van der Waals surface area contributed by atoms with E-state index >= 15 is 0 Å². The van der Waals surface area contributed by atoms with Crippen LogP contribution in [0.5, 0.6) is 0 Å². The lowest BCUT2D eigenvalue weighted by atomic mass is 9.90. The van der Waals surface area contributed by atoms with Gasteiger partial charge in [0, 0.05) is 13.6 Å². The zero-order chi connectivity index (χ0) is 15.7. The molecule has 0 aliphatic carbocycles. The summed E-state index contributed by atoms with van der Waals surface area (Å²) < 4.78 is 5.93. The lowest BCUT2D eigenvalue weighted by molar-refractivity contribution is -0.200. The van der Waals surface area contributed by atoms with Gasteiger partial charge in [-0.2, -0.15) is 11.3 Å². The first-order chi connectivity index (χ1) is 10.5. The third-order valence-corrected chi connectivity index (χ3v) is 5.14. The number of carbonyl (C=O) groups excluding carboxylic acids is 2. The van der Waals surface area contributed by atoms with Crippen LogP contribution in [0.2, 0.25) is 0 Å². The van der Waals surface area contributed by atoms with Gasteiger partial charge in [0.15, 0.2) is 0 Å². The minimum absolute atomic E-state index is 0.0259. The molecule has 0 bridgehead atoms. The summed E-state index contributed by atoms with van der Waals surface area (Å²) >= 11 is 1.61. The molecule has 3 rings (SSSR count). The maximum Gasteiger partial charge on any atom is 0.239 e. The molecule has 120 valence electrons. The Morgan fingerprint density at radius 1 is 1.45 bits per heavy atom. The van der Waals surface area contributed by atoms with E-state index in [1.807, 2.05) is 33.7 Å². The summed E-state index contributed by atoms with van der Waals surface area (Å²) in [6, 6.07) is 1.74. The quantitative estimate of drug-likeness (QED) is 0.847. The third kappa shape index (κ3) is 2.88. The molecular formula is C15H21N3O3S. The topological polar surface area (TPSA) is 61.9 Å². The van der Waals surface area contributed by atoms with Crippen LogP contribution in [-0.4, -0.2) is 73.6 Å². The Labute approximate surface area is 134 Å². The highest BCUT2D eigenvalue weighted by atomic mass is 32.1. The molecule has 2 saturated heterocycles. The van der Waals surface area contributed by atoms with Gasteiger partial charge < -0.3 is 15.0 Å². The van der Waals surface area contributed by atoms with Crippen LogP contribution in [-0.2, 0) is 20.7 Å². The summed E-state index contributed by atoms with van der Waals surface area (Å²) in [5.41, 5.74) is 0.765. The van der Waals surface area contributed by atoms with Gasteiger partial charge in [-0.1, -0.05) is 0 Å². The van der Waals surface area contributed by atoms with Gasteiger partial charge in [0.1, 0.15) is 11.6 Å². The number of hydrogen-bond donors (Lipinski definition) is 1. The van der Waals surface area contributed by atoms with Gasteiger partial charge in [0.2, 0.25) is 11.8 Å². The van der Waals surface area contributed by atoms with E-state index in [-0.39, 0.29) is 23.5 Å². The molecule has 1 unspecified atom stereocenters. The number of hydrogen-bond acceptors (Lipinski definition) is 5. The molecule has 1 aromatic rings. The summed E-state index contributed by atoms with van der Waals surface area (Å²) in [4.78, 5) is 27.8. The molecule has 6 nitrogen and oxygen atoms in total. The van der Waals surface area contributed by atoms with E-state index in [9.17, 15) is 9.59 Å². The lowest BCUT2D eigenvalue weighted by Gasteiger charge is -2.54. The SMILES string of the molecule is CNC(=O)C1COC2(CN(C(=O)Cc3ccsc3)C2)CN1C. The van der Waals surface area contributed by atoms with E-state index in [0.29, 0.717) is 32.7 Å². The third-order valence-electron chi connectivity index (χ3n) is 4.41. The van der Waals surface area contributed by atoms with Gasteiger partial charge in [-0.3, -0.25) is 14.5 Å². The fourth-order valence-electron chi connectivity index (χ4n) is 3.13. The van der Waals surface area contributed by atoms with Crippen molar-refractivity contribution in [2.24, 2.45) is 0 Å². The predicted octanol–water partition coefficient (Wildman–Crippen LogP) is -0.0518. The molecule has 0 aromatic carbocycles. The van der Waals surface area contributed by atoms with Gasteiger partial charge in [-0.05, 0) is 29.4 Å². The predicted molar refractivity (Wildman–Crippen MR) is 83.8 cm³/mol. The summed E-state index contributed by atoms with van der Waals surface area (Å²) in [6.07, 6.45) is 0.455. The van der Waals surface area contributed by atoms with Crippen molar-refractivity contribution >= 4 is 23.2 Å². The van der Waals surface area contributed by atoms with E-state index in [4.69, 9.17) is 4.74 Å². The van der Waals surface area contributed by atoms with Crippen LogP contribution >= 0.6 is 11.3 Å². The molecule has 2 aliphatic heterocycles. The Kier molecular flexibility index (Phi) is 4.20. The number of ether oxygens (including phenoxy) is 1. The van der Waals surface area contributed by atoms with Crippen molar-refractivity contribution in [3.8, 4) is 0 Å². The lowest BCUT2D eigenvalue weighted by Crippen LogP contribution is -2.73. The second-order valence-corrected chi connectivity index (χ2v) is 6.88. The summed E-state index contributed by atoms with van der Waals surface area (Å²) in [7, 11) is 3.56. The maximum atomic E-state index is 12.2. The van der Waals surface area contributed by atoms with Gasteiger partial charge in [-0.25, -0.2) is 0 Å². The number of carbonyl (C=O) groups is 2. The Bertz CT molecular complexity index is 554. The second kappa shape index (κ2) is 5.98. The maximum absolute atomic E-state index is 12.2. The van der Waals surface area contributed by atoms with Crippen molar-refractivity contribution in [3.63, 3.8) is 0 Å². The van der Waals surface area contributed by atoms with Gasteiger partial charge in [-0.15, -0.1) is 0 Å². The van der Waals surface area contributed by atoms with Crippen molar-refractivity contribution in [3.05, 3.63) is 22.4 Å². The molecule has 0 radical (unpaired) electrons. The van der Waals surface area contributed by atoms with E-state index in [1.54, 1.807) is 18.4 Å². The van der Waals surface area contributed by atoms with E-state index in [2.05, 4.69) is 5.32 Å². The highest BCUT2D eigenvalue weighted by molar-refractivity contribution is 7.07. The van der Waals surface area contributed by atoms with Crippen molar-refractivity contribution in [2.75, 3.05) is 40.3 Å². The van der Waals surface area contributed by atoms with Crippen molar-refractivity contribution < 1.29 is 14.3 Å². The van der Waals surface area contributed by atoms with Crippen molar-refractivity contribution in [2.45, 2.75) is 18.1 Å². The summed E-state index contributed by atoms with van der Waals surface area (Å²) in [5.74, 6) is 0.116. The average Bonchev–Trinajstić information content (AvgIpc) is 2.96. The molecule has 2 fully saturated rings. The number of morpholine rings is 1. The van der Waals surface area contributed by atoms with Gasteiger partial charge in [0.25, 0.3) is 0 Å². The van der Waals surface area contributed by atoms with Crippen molar-refractivity contribution in [1.29, 1.82) is 0 Å². The highest BCUT2D eigenvalue weighted by Gasteiger charge is 2.50. The van der Waals surface area contributed by atoms with Crippen LogP contribution < -0.4 is 5.32 Å². The van der Waals surface area contributed by atoms with E-state index in [1.165, 1.54) is 0 Å². The van der Waals surface area contributed by atoms with E-state index in [0.717, 1.165) is 5.56 Å². The minimum atomic E-state index is -0.302. The second-order valence-electron chi connectivity index (χ2n) is 6.10. The van der Waals surface area contributed by atoms with Gasteiger partial charge >= 0.3 is 0 Å². The summed E-state index contributed by atoms with van der Waals surface area (Å²) in [5, 5.41) is 6.65. The molecule has 1 aromatic heterocycles. The smallest absolute Gasteiger partial charge is 0.239 e. The number of thiophene rings is 1. The number of likely N-dealkylation sites (tertiary alicyclic amines) is 1. The van der Waals surface area contributed by atoms with Crippen molar-refractivity contribution in [1.82, 2.24) is 15.1 Å². The van der Waals surface area contributed by atoms with Gasteiger partial charge in [0.05, 0.1) is 26.1 Å². The number of likely N-dealkylation sites (N-methyl/N-ethyl adjacent to an activating group) is 2. The first-order valence-corrected chi connectivity index (χ1v) is 8.32. The minimum Gasteiger partial charge on any atom is -0.368 e. The molecule has 3 heterocycles. The fourth-order valence-corrected chi connectivity index (χ4v) is 3.80. The zero-order valence-corrected chi connectivity index (χ0v) is 13.7. The van der Waals surface area contributed by atoms with Crippen LogP contribution in [0.1, 0.15) is 5.56 Å². The molecule has 7 heteroatoms. The molecular weight excluding hydrogens is 302 g/mol. The highest BCUT2D eigenvalue weighted by Crippen LogP contribution is 2.31. The Balaban J connectivity index is 1.52. The molecule has 0 saturated carbocycles. The number of amides is 2. The van der Waals surface area contributed by atoms with Crippen LogP contribution in [0, 0.1) is 0 Å². The number of rotatable bonds is 3. The van der Waals surface area contributed by atoms with Crippen LogP contribution in [0.15, 0.2) is 16.8 Å². The fraction of sp³-hybridized carbons (Fsp3) is 0.600. The zero-order valence-electron chi connectivity index (χ0n) is 12.9. The first-order valence-electron chi connectivity index (χ1n) is 7.38. The average molecular weight is 323 g/mol. The standard InChI is InChI=1S/C15H21N3O3S/c1-16-14(20)12-6-21-15(8-17(12)2)9-18(10-15)13(19)5-11-3-4-22-7-11/h3-4,7,12H,5-6,8-10H2,1-2H3,(H,16,20).